The SMILES string of the molecule is CC(C)c1cc(C(=O)N2CCCC(N(C)C)CC2)nc(N)n1.O=CO. The summed E-state index contributed by atoms with van der Waals surface area (Å²) < 4.78 is 0. The first-order valence-corrected chi connectivity index (χ1v) is 8.48. The number of hydrogen-bond donors (Lipinski definition) is 2. The summed E-state index contributed by atoms with van der Waals surface area (Å²) in [4.78, 5) is 33.6. The first kappa shape index (κ1) is 20.8. The van der Waals surface area contributed by atoms with Crippen LogP contribution in [-0.4, -0.2) is 70.5 Å². The molecule has 8 nitrogen and oxygen atoms in total. The van der Waals surface area contributed by atoms with Gasteiger partial charge < -0.3 is 20.6 Å². The van der Waals surface area contributed by atoms with Crippen LogP contribution in [-0.2, 0) is 4.79 Å². The van der Waals surface area contributed by atoms with Gasteiger partial charge in [0.15, 0.2) is 0 Å². The predicted octanol–water partition coefficient (Wildman–Crippen LogP) is 1.44. The van der Waals surface area contributed by atoms with Crippen LogP contribution in [0, 0.1) is 0 Å². The largest absolute Gasteiger partial charge is 0.483 e. The number of nitrogen functional groups attached to an aromatic ring is 1. The first-order valence-electron chi connectivity index (χ1n) is 8.48. The van der Waals surface area contributed by atoms with E-state index in [-0.39, 0.29) is 24.2 Å². The van der Waals surface area contributed by atoms with E-state index in [2.05, 4.69) is 29.0 Å². The summed E-state index contributed by atoms with van der Waals surface area (Å²) in [6, 6.07) is 2.32. The van der Waals surface area contributed by atoms with E-state index < -0.39 is 0 Å². The molecular formula is C17H29N5O3. The van der Waals surface area contributed by atoms with Crippen molar-refractivity contribution in [2.45, 2.75) is 45.1 Å². The highest BCUT2D eigenvalue weighted by Gasteiger charge is 2.24. The first-order chi connectivity index (χ1) is 11.8. The second-order valence-corrected chi connectivity index (χ2v) is 6.64. The molecular weight excluding hydrogens is 322 g/mol. The van der Waals surface area contributed by atoms with Crippen LogP contribution in [0.3, 0.4) is 0 Å². The third kappa shape index (κ3) is 6.30. The summed E-state index contributed by atoms with van der Waals surface area (Å²) in [5.41, 5.74) is 6.99. The second kappa shape index (κ2) is 9.93. The van der Waals surface area contributed by atoms with Gasteiger partial charge >= 0.3 is 0 Å². The topological polar surface area (TPSA) is 113 Å². The Morgan fingerprint density at radius 1 is 1.36 bits per heavy atom. The maximum Gasteiger partial charge on any atom is 0.290 e. The minimum absolute atomic E-state index is 0.0320. The highest BCUT2D eigenvalue weighted by atomic mass is 16.3. The number of amides is 1. The molecule has 0 spiro atoms. The molecule has 2 rings (SSSR count). The number of aromatic nitrogens is 2. The normalized spacial score (nSPS) is 17.7. The van der Waals surface area contributed by atoms with E-state index in [1.807, 2.05) is 18.7 Å². The maximum absolute atomic E-state index is 12.7. The number of nitrogens with two attached hydrogens (primary N) is 1. The fourth-order valence-electron chi connectivity index (χ4n) is 2.85. The van der Waals surface area contributed by atoms with Gasteiger partial charge in [0, 0.05) is 24.8 Å². The van der Waals surface area contributed by atoms with Crippen molar-refractivity contribution in [3.63, 3.8) is 0 Å². The molecule has 8 heteroatoms. The summed E-state index contributed by atoms with van der Waals surface area (Å²) in [6.07, 6.45) is 3.14. The number of carboxylic acid groups (broad SMARTS) is 1. The fraction of sp³-hybridized carbons (Fsp3) is 0.647. The summed E-state index contributed by atoms with van der Waals surface area (Å²) >= 11 is 0. The lowest BCUT2D eigenvalue weighted by Crippen LogP contribution is -2.34. The van der Waals surface area contributed by atoms with Crippen molar-refractivity contribution >= 4 is 18.3 Å². The van der Waals surface area contributed by atoms with Crippen LogP contribution in [0.4, 0.5) is 5.95 Å². The van der Waals surface area contributed by atoms with E-state index in [1.54, 1.807) is 6.07 Å². The van der Waals surface area contributed by atoms with Gasteiger partial charge in [-0.05, 0) is 45.3 Å². The van der Waals surface area contributed by atoms with Gasteiger partial charge in [0.2, 0.25) is 5.95 Å². The summed E-state index contributed by atoms with van der Waals surface area (Å²) in [7, 11) is 4.20. The number of carbonyl (C=O) groups is 2. The molecule has 1 amide bonds. The Balaban J connectivity index is 0.000000970. The molecule has 25 heavy (non-hydrogen) atoms. The van der Waals surface area contributed by atoms with Gasteiger partial charge in [-0.1, -0.05) is 13.8 Å². The molecule has 0 bridgehead atoms. The lowest BCUT2D eigenvalue weighted by atomic mass is 10.1. The van der Waals surface area contributed by atoms with E-state index in [0.717, 1.165) is 38.0 Å². The van der Waals surface area contributed by atoms with E-state index in [0.29, 0.717) is 11.7 Å². The number of carbonyl (C=O) groups excluding carboxylic acids is 1. The highest BCUT2D eigenvalue weighted by molar-refractivity contribution is 5.92. The highest BCUT2D eigenvalue weighted by Crippen LogP contribution is 2.18. The third-order valence-electron chi connectivity index (χ3n) is 4.29. The van der Waals surface area contributed by atoms with Crippen molar-refractivity contribution in [1.29, 1.82) is 0 Å². The molecule has 1 atom stereocenters. The van der Waals surface area contributed by atoms with Crippen molar-refractivity contribution in [3.05, 3.63) is 17.5 Å². The number of hydrogen-bond acceptors (Lipinski definition) is 6. The van der Waals surface area contributed by atoms with E-state index in [9.17, 15) is 4.79 Å². The summed E-state index contributed by atoms with van der Waals surface area (Å²) in [5.74, 6) is 0.366. The molecule has 1 saturated heterocycles. The van der Waals surface area contributed by atoms with Crippen molar-refractivity contribution in [3.8, 4) is 0 Å². The van der Waals surface area contributed by atoms with Gasteiger partial charge in [0.05, 0.1) is 0 Å². The fourth-order valence-corrected chi connectivity index (χ4v) is 2.85. The lowest BCUT2D eigenvalue weighted by Gasteiger charge is -2.23. The van der Waals surface area contributed by atoms with Crippen LogP contribution < -0.4 is 5.73 Å². The Hall–Kier alpha value is -2.22. The second-order valence-electron chi connectivity index (χ2n) is 6.64. The molecule has 0 aromatic carbocycles. The van der Waals surface area contributed by atoms with E-state index in [1.165, 1.54) is 0 Å². The predicted molar refractivity (Wildman–Crippen MR) is 96.5 cm³/mol. The molecule has 1 aromatic rings. The minimum Gasteiger partial charge on any atom is -0.483 e. The molecule has 0 radical (unpaired) electrons. The third-order valence-corrected chi connectivity index (χ3v) is 4.29. The maximum atomic E-state index is 12.7. The van der Waals surface area contributed by atoms with E-state index >= 15 is 0 Å². The van der Waals surface area contributed by atoms with Crippen molar-refractivity contribution in [2.24, 2.45) is 0 Å². The Morgan fingerprint density at radius 3 is 2.56 bits per heavy atom. The zero-order valence-electron chi connectivity index (χ0n) is 15.5. The van der Waals surface area contributed by atoms with E-state index in [4.69, 9.17) is 15.6 Å². The molecule has 2 heterocycles. The Morgan fingerprint density at radius 2 is 2.00 bits per heavy atom. The summed E-state index contributed by atoms with van der Waals surface area (Å²) in [6.45, 7) is 5.36. The molecule has 1 aliphatic heterocycles. The van der Waals surface area contributed by atoms with Crippen LogP contribution >= 0.6 is 0 Å². The van der Waals surface area contributed by atoms with Crippen LogP contribution in [0.25, 0.3) is 0 Å². The molecule has 1 aromatic heterocycles. The molecule has 1 fully saturated rings. The standard InChI is InChI=1S/C16H27N5O.CH2O2/c1-11(2)13-10-14(19-16(17)18-13)15(22)21-8-5-6-12(7-9-21)20(3)4;2-1-3/h10-12H,5-9H2,1-4H3,(H2,17,18,19);1H,(H,2,3). The van der Waals surface area contributed by atoms with Gasteiger partial charge in [-0.25, -0.2) is 9.97 Å². The van der Waals surface area contributed by atoms with Crippen LogP contribution in [0.15, 0.2) is 6.07 Å². The van der Waals surface area contributed by atoms with Gasteiger partial charge in [0.1, 0.15) is 5.69 Å². The smallest absolute Gasteiger partial charge is 0.290 e. The quantitative estimate of drug-likeness (QED) is 0.792. The summed E-state index contributed by atoms with van der Waals surface area (Å²) in [5, 5.41) is 6.89. The zero-order valence-corrected chi connectivity index (χ0v) is 15.5. The minimum atomic E-state index is -0.250. The number of rotatable bonds is 3. The number of anilines is 1. The molecule has 1 aliphatic rings. The van der Waals surface area contributed by atoms with Crippen molar-refractivity contribution < 1.29 is 14.7 Å². The molecule has 3 N–H and O–H groups in total. The average molecular weight is 351 g/mol. The molecule has 0 aliphatic carbocycles. The van der Waals surface area contributed by atoms with Crippen molar-refractivity contribution in [1.82, 2.24) is 19.8 Å². The van der Waals surface area contributed by atoms with Crippen molar-refractivity contribution in [2.75, 3.05) is 32.9 Å². The lowest BCUT2D eigenvalue weighted by molar-refractivity contribution is -0.122. The molecule has 0 saturated carbocycles. The molecule has 1 unspecified atom stereocenters. The van der Waals surface area contributed by atoms with Crippen LogP contribution in [0.1, 0.15) is 55.2 Å². The number of nitrogens with zero attached hydrogens (tertiary/aromatic N) is 4. The van der Waals surface area contributed by atoms with Gasteiger partial charge in [-0.2, -0.15) is 0 Å². The van der Waals surface area contributed by atoms with Gasteiger partial charge in [0.25, 0.3) is 12.4 Å². The van der Waals surface area contributed by atoms with Gasteiger partial charge in [-0.15, -0.1) is 0 Å². The zero-order chi connectivity index (χ0) is 19.0. The molecule has 140 valence electrons. The van der Waals surface area contributed by atoms with Gasteiger partial charge in [-0.3, -0.25) is 9.59 Å². The monoisotopic (exact) mass is 351 g/mol. The van der Waals surface area contributed by atoms with Crippen LogP contribution in [0.2, 0.25) is 0 Å². The Labute approximate surface area is 149 Å². The van der Waals surface area contributed by atoms with Crippen LogP contribution in [0.5, 0.6) is 0 Å². The average Bonchev–Trinajstić information content (AvgIpc) is 2.80. The number of likely N-dealkylation sites (tertiary alicyclic amines) is 1. The Bertz CT molecular complexity index is 577. The Kier molecular flexibility index (Phi) is 8.27.